The maximum Gasteiger partial charge on any atom is 0.471 e. The standard InChI is InChI=1S/C17H18F3N3O4/c1-3-16(4-2,15(25)26)9-21-13(24)11-7-5-10(6-8-11)12-22-14(27-23-12)17(18,19)20/h5-8H,3-4,9H2,1-2H3,(H,21,24)(H,25,26). The summed E-state index contributed by atoms with van der Waals surface area (Å²) in [6.07, 6.45) is -4.02. The largest absolute Gasteiger partial charge is 0.481 e. The molecule has 1 aromatic heterocycles. The number of hydrogen-bond acceptors (Lipinski definition) is 5. The molecule has 2 N–H and O–H groups in total. The van der Waals surface area contributed by atoms with Gasteiger partial charge in [0.2, 0.25) is 5.82 Å². The molecule has 146 valence electrons. The van der Waals surface area contributed by atoms with Gasteiger partial charge in [0.05, 0.1) is 5.41 Å². The summed E-state index contributed by atoms with van der Waals surface area (Å²) >= 11 is 0. The van der Waals surface area contributed by atoms with Crippen LogP contribution in [0.3, 0.4) is 0 Å². The highest BCUT2D eigenvalue weighted by atomic mass is 19.4. The lowest BCUT2D eigenvalue weighted by atomic mass is 9.82. The number of benzene rings is 1. The monoisotopic (exact) mass is 385 g/mol. The first-order valence-corrected chi connectivity index (χ1v) is 8.16. The Morgan fingerprint density at radius 1 is 1.15 bits per heavy atom. The van der Waals surface area contributed by atoms with E-state index in [9.17, 15) is 27.9 Å². The van der Waals surface area contributed by atoms with Gasteiger partial charge < -0.3 is 14.9 Å². The fourth-order valence-corrected chi connectivity index (χ4v) is 2.46. The van der Waals surface area contributed by atoms with Crippen LogP contribution in [0.15, 0.2) is 28.8 Å². The second-order valence-electron chi connectivity index (χ2n) is 5.97. The van der Waals surface area contributed by atoms with E-state index in [-0.39, 0.29) is 23.5 Å². The Balaban J connectivity index is 2.09. The van der Waals surface area contributed by atoms with Crippen LogP contribution in [0.25, 0.3) is 11.4 Å². The number of nitrogens with zero attached hydrogens (tertiary/aromatic N) is 2. The summed E-state index contributed by atoms with van der Waals surface area (Å²) in [5.74, 6) is -3.18. The number of halogens is 3. The first-order valence-electron chi connectivity index (χ1n) is 8.16. The minimum Gasteiger partial charge on any atom is -0.481 e. The number of rotatable bonds is 7. The number of hydrogen-bond donors (Lipinski definition) is 2. The summed E-state index contributed by atoms with van der Waals surface area (Å²) in [5.41, 5.74) is -0.577. The van der Waals surface area contributed by atoms with Crippen molar-refractivity contribution in [2.24, 2.45) is 5.41 Å². The third-order valence-corrected chi connectivity index (χ3v) is 4.47. The zero-order valence-corrected chi connectivity index (χ0v) is 14.6. The molecule has 0 radical (unpaired) electrons. The van der Waals surface area contributed by atoms with E-state index in [2.05, 4.69) is 20.0 Å². The Morgan fingerprint density at radius 2 is 1.74 bits per heavy atom. The maximum absolute atomic E-state index is 12.5. The van der Waals surface area contributed by atoms with Crippen molar-refractivity contribution in [2.45, 2.75) is 32.9 Å². The van der Waals surface area contributed by atoms with Crippen LogP contribution in [-0.4, -0.2) is 33.7 Å². The fourth-order valence-electron chi connectivity index (χ4n) is 2.46. The Kier molecular flexibility index (Phi) is 5.87. The molecule has 0 unspecified atom stereocenters. The van der Waals surface area contributed by atoms with Crippen LogP contribution in [0.5, 0.6) is 0 Å². The van der Waals surface area contributed by atoms with Gasteiger partial charge in [0.1, 0.15) is 0 Å². The van der Waals surface area contributed by atoms with Gasteiger partial charge in [0.15, 0.2) is 0 Å². The summed E-state index contributed by atoms with van der Waals surface area (Å²) in [4.78, 5) is 26.9. The number of carboxylic acids is 1. The average molecular weight is 385 g/mol. The van der Waals surface area contributed by atoms with Crippen LogP contribution >= 0.6 is 0 Å². The SMILES string of the molecule is CCC(CC)(CNC(=O)c1ccc(-c2noc(C(F)(F)F)n2)cc1)C(=O)O. The molecule has 0 bridgehead atoms. The van der Waals surface area contributed by atoms with E-state index in [4.69, 9.17) is 0 Å². The highest BCUT2D eigenvalue weighted by Gasteiger charge is 2.38. The number of amides is 1. The fraction of sp³-hybridized carbons (Fsp3) is 0.412. The summed E-state index contributed by atoms with van der Waals surface area (Å²) in [6.45, 7) is 3.44. The molecule has 2 rings (SSSR count). The lowest BCUT2D eigenvalue weighted by molar-refractivity contribution is -0.159. The normalized spacial score (nSPS) is 12.0. The minimum absolute atomic E-state index is 0.0320. The molecule has 0 aliphatic heterocycles. The molecule has 1 amide bonds. The topological polar surface area (TPSA) is 105 Å². The number of alkyl halides is 3. The van der Waals surface area contributed by atoms with Gasteiger partial charge in [-0.2, -0.15) is 18.2 Å². The van der Waals surface area contributed by atoms with Gasteiger partial charge in [-0.15, -0.1) is 0 Å². The molecule has 1 heterocycles. The molecular formula is C17H18F3N3O4. The van der Waals surface area contributed by atoms with Gasteiger partial charge in [0.25, 0.3) is 5.91 Å². The van der Waals surface area contributed by atoms with E-state index in [0.717, 1.165) is 0 Å². The number of aromatic nitrogens is 2. The van der Waals surface area contributed by atoms with Crippen molar-refractivity contribution in [1.29, 1.82) is 0 Å². The van der Waals surface area contributed by atoms with Crippen molar-refractivity contribution in [3.63, 3.8) is 0 Å². The van der Waals surface area contributed by atoms with Crippen LogP contribution in [0, 0.1) is 5.41 Å². The van der Waals surface area contributed by atoms with Crippen molar-refractivity contribution in [1.82, 2.24) is 15.5 Å². The van der Waals surface area contributed by atoms with Crippen LogP contribution in [0.4, 0.5) is 13.2 Å². The average Bonchev–Trinajstić information content (AvgIpc) is 3.13. The zero-order chi connectivity index (χ0) is 20.2. The van der Waals surface area contributed by atoms with E-state index in [1.807, 2.05) is 0 Å². The van der Waals surface area contributed by atoms with Crippen molar-refractivity contribution in [2.75, 3.05) is 6.54 Å². The molecule has 10 heteroatoms. The predicted octanol–water partition coefficient (Wildman–Crippen LogP) is 3.38. The number of carbonyl (C=O) groups excluding carboxylic acids is 1. The van der Waals surface area contributed by atoms with E-state index < -0.39 is 29.4 Å². The van der Waals surface area contributed by atoms with Gasteiger partial charge in [-0.3, -0.25) is 9.59 Å². The second kappa shape index (κ2) is 7.77. The molecule has 0 aliphatic carbocycles. The first kappa shape index (κ1) is 20.4. The zero-order valence-electron chi connectivity index (χ0n) is 14.6. The van der Waals surface area contributed by atoms with Gasteiger partial charge in [0, 0.05) is 17.7 Å². The Bertz CT molecular complexity index is 812. The predicted molar refractivity (Wildman–Crippen MR) is 87.7 cm³/mol. The summed E-state index contributed by atoms with van der Waals surface area (Å²) in [5, 5.41) is 15.2. The van der Waals surface area contributed by atoms with Crippen molar-refractivity contribution in [3.8, 4) is 11.4 Å². The Labute approximate surface area is 152 Å². The van der Waals surface area contributed by atoms with E-state index in [1.165, 1.54) is 24.3 Å². The highest BCUT2D eigenvalue weighted by molar-refractivity contribution is 5.95. The third-order valence-electron chi connectivity index (χ3n) is 4.47. The van der Waals surface area contributed by atoms with Crippen LogP contribution in [0.1, 0.15) is 42.9 Å². The number of aliphatic carboxylic acids is 1. The molecule has 2 aromatic rings. The molecule has 27 heavy (non-hydrogen) atoms. The molecule has 0 aliphatic rings. The van der Waals surface area contributed by atoms with Crippen molar-refractivity contribution < 1.29 is 32.4 Å². The third kappa shape index (κ3) is 4.44. The van der Waals surface area contributed by atoms with Crippen LogP contribution in [0.2, 0.25) is 0 Å². The molecule has 1 aromatic carbocycles. The van der Waals surface area contributed by atoms with Crippen LogP contribution in [-0.2, 0) is 11.0 Å². The van der Waals surface area contributed by atoms with Gasteiger partial charge in [-0.25, -0.2) is 0 Å². The first-order chi connectivity index (χ1) is 12.6. The lowest BCUT2D eigenvalue weighted by Gasteiger charge is -2.26. The van der Waals surface area contributed by atoms with Gasteiger partial charge in [-0.1, -0.05) is 31.1 Å². The molecule has 0 saturated carbocycles. The van der Waals surface area contributed by atoms with Crippen molar-refractivity contribution in [3.05, 3.63) is 35.7 Å². The Morgan fingerprint density at radius 3 is 2.19 bits per heavy atom. The molecular weight excluding hydrogens is 367 g/mol. The smallest absolute Gasteiger partial charge is 0.471 e. The maximum atomic E-state index is 12.5. The lowest BCUT2D eigenvalue weighted by Crippen LogP contribution is -2.42. The molecule has 0 spiro atoms. The molecule has 0 saturated heterocycles. The summed E-state index contributed by atoms with van der Waals surface area (Å²) in [7, 11) is 0. The van der Waals surface area contributed by atoms with E-state index >= 15 is 0 Å². The van der Waals surface area contributed by atoms with E-state index in [0.29, 0.717) is 12.8 Å². The van der Waals surface area contributed by atoms with Gasteiger partial charge in [-0.05, 0) is 25.0 Å². The highest BCUT2D eigenvalue weighted by Crippen LogP contribution is 2.29. The quantitative estimate of drug-likeness (QED) is 0.757. The summed E-state index contributed by atoms with van der Waals surface area (Å²) < 4.78 is 41.6. The summed E-state index contributed by atoms with van der Waals surface area (Å²) in [6, 6.07) is 5.53. The van der Waals surface area contributed by atoms with Gasteiger partial charge >= 0.3 is 18.0 Å². The number of carboxylic acid groups (broad SMARTS) is 1. The van der Waals surface area contributed by atoms with Crippen LogP contribution < -0.4 is 5.32 Å². The van der Waals surface area contributed by atoms with E-state index in [1.54, 1.807) is 13.8 Å². The second-order valence-corrected chi connectivity index (χ2v) is 5.97. The Hall–Kier alpha value is -2.91. The number of carbonyl (C=O) groups is 2. The minimum atomic E-state index is -4.74. The number of nitrogens with one attached hydrogen (secondary N) is 1. The molecule has 0 fully saturated rings. The molecule has 0 atom stereocenters. The molecule has 7 nitrogen and oxygen atoms in total. The van der Waals surface area contributed by atoms with Crippen molar-refractivity contribution >= 4 is 11.9 Å².